The van der Waals surface area contributed by atoms with E-state index in [1.54, 1.807) is 0 Å². The van der Waals surface area contributed by atoms with Crippen LogP contribution in [0.4, 0.5) is 0 Å². The fraction of sp³-hybridized carbons (Fsp3) is 0.778. The lowest BCUT2D eigenvalue weighted by Gasteiger charge is -2.27. The molecule has 0 amide bonds. The van der Waals surface area contributed by atoms with Gasteiger partial charge in [0.2, 0.25) is 0 Å². The van der Waals surface area contributed by atoms with E-state index in [0.29, 0.717) is 12.6 Å². The van der Waals surface area contributed by atoms with Gasteiger partial charge in [-0.1, -0.05) is 13.8 Å². The van der Waals surface area contributed by atoms with E-state index in [-0.39, 0.29) is 30.1 Å². The van der Waals surface area contributed by atoms with Gasteiger partial charge < -0.3 is 15.7 Å². The van der Waals surface area contributed by atoms with Crippen molar-refractivity contribution < 1.29 is 5.11 Å². The summed E-state index contributed by atoms with van der Waals surface area (Å²) in [4.78, 5) is 4.81. The van der Waals surface area contributed by atoms with Crippen molar-refractivity contribution >= 4 is 29.9 Å². The van der Waals surface area contributed by atoms with Crippen LogP contribution in [0.5, 0.6) is 0 Å². The zero-order chi connectivity index (χ0) is 17.5. The van der Waals surface area contributed by atoms with Gasteiger partial charge >= 0.3 is 0 Å². The van der Waals surface area contributed by atoms with Crippen LogP contribution in [0.2, 0.25) is 0 Å². The highest BCUT2D eigenvalue weighted by atomic mass is 127. The van der Waals surface area contributed by atoms with Crippen LogP contribution < -0.4 is 10.6 Å². The number of halogens is 1. The summed E-state index contributed by atoms with van der Waals surface area (Å²) in [6, 6.07) is 0.399. The van der Waals surface area contributed by atoms with Gasteiger partial charge in [-0.15, -0.1) is 24.0 Å². The number of nitrogens with zero attached hydrogens (tertiary/aromatic N) is 3. The molecule has 0 saturated heterocycles. The molecule has 2 rings (SSSR count). The number of aliphatic hydroxyl groups excluding tert-OH is 1. The quantitative estimate of drug-likeness (QED) is 0.345. The second kappa shape index (κ2) is 11.0. The maximum absolute atomic E-state index is 9.65. The van der Waals surface area contributed by atoms with Crippen LogP contribution in [0.25, 0.3) is 0 Å². The number of aliphatic imine (C=N–C) groups is 1. The lowest BCUT2D eigenvalue weighted by Crippen LogP contribution is -2.45. The van der Waals surface area contributed by atoms with Crippen molar-refractivity contribution in [2.75, 3.05) is 6.54 Å². The molecule has 1 fully saturated rings. The number of guanidine groups is 1. The molecule has 6 nitrogen and oxygen atoms in total. The molecule has 0 radical (unpaired) electrons. The Morgan fingerprint density at radius 2 is 1.88 bits per heavy atom. The normalized spacial score (nSPS) is 20.9. The highest BCUT2D eigenvalue weighted by molar-refractivity contribution is 14.0. The smallest absolute Gasteiger partial charge is 0.191 e. The first-order valence-corrected chi connectivity index (χ1v) is 9.35. The molecule has 3 N–H and O–H groups in total. The molecule has 144 valence electrons. The standard InChI is InChI=1S/C18H33N5O.HI/c1-5-16-15(17(6-2)23(4)22-16)12-20-18(19-7-3)21-13-8-10-14(24)11-9-13;/h13-14,24H,5-12H2,1-4H3,(H2,19,20,21);1H. The SMILES string of the molecule is CCNC(=NCc1c(CC)nn(C)c1CC)NC1CCC(O)CC1.I. The Bertz CT molecular complexity index is 550. The Kier molecular flexibility index (Phi) is 9.78. The third kappa shape index (κ3) is 6.13. The lowest BCUT2D eigenvalue weighted by atomic mass is 9.93. The van der Waals surface area contributed by atoms with E-state index in [1.165, 1.54) is 11.3 Å². The van der Waals surface area contributed by atoms with Crippen LogP contribution in [0.15, 0.2) is 4.99 Å². The minimum Gasteiger partial charge on any atom is -0.393 e. The van der Waals surface area contributed by atoms with Crippen LogP contribution in [-0.2, 0) is 26.4 Å². The number of rotatable bonds is 6. The molecule has 25 heavy (non-hydrogen) atoms. The monoisotopic (exact) mass is 463 g/mol. The van der Waals surface area contributed by atoms with Gasteiger partial charge in [0.1, 0.15) is 0 Å². The third-order valence-corrected chi connectivity index (χ3v) is 4.80. The Morgan fingerprint density at radius 1 is 1.20 bits per heavy atom. The average Bonchev–Trinajstić information content (AvgIpc) is 2.89. The summed E-state index contributed by atoms with van der Waals surface area (Å²) >= 11 is 0. The minimum absolute atomic E-state index is 0. The first kappa shape index (κ1) is 22.2. The summed E-state index contributed by atoms with van der Waals surface area (Å²) in [6.07, 6.45) is 5.52. The Labute approximate surface area is 168 Å². The molecular formula is C18H34IN5O. The summed E-state index contributed by atoms with van der Waals surface area (Å²) in [5.41, 5.74) is 3.68. The molecule has 1 aromatic rings. The highest BCUT2D eigenvalue weighted by Crippen LogP contribution is 2.19. The van der Waals surface area contributed by atoms with Gasteiger partial charge in [0.25, 0.3) is 0 Å². The molecule has 0 spiro atoms. The largest absolute Gasteiger partial charge is 0.393 e. The van der Waals surface area contributed by atoms with E-state index >= 15 is 0 Å². The van der Waals surface area contributed by atoms with E-state index in [0.717, 1.165) is 56.7 Å². The van der Waals surface area contributed by atoms with Crippen molar-refractivity contribution in [3.05, 3.63) is 17.0 Å². The molecule has 0 aliphatic heterocycles. The van der Waals surface area contributed by atoms with Crippen LogP contribution in [0.1, 0.15) is 63.4 Å². The van der Waals surface area contributed by atoms with Gasteiger partial charge in [-0.05, 0) is 45.4 Å². The molecule has 1 aliphatic rings. The van der Waals surface area contributed by atoms with Crippen molar-refractivity contribution in [2.45, 2.75) is 78.0 Å². The number of aryl methyl sites for hydroxylation is 2. The van der Waals surface area contributed by atoms with Crippen LogP contribution in [0.3, 0.4) is 0 Å². The topological polar surface area (TPSA) is 74.5 Å². The van der Waals surface area contributed by atoms with E-state index in [2.05, 4.69) is 36.5 Å². The molecule has 1 aromatic heterocycles. The van der Waals surface area contributed by atoms with Gasteiger partial charge in [-0.2, -0.15) is 5.10 Å². The summed E-state index contributed by atoms with van der Waals surface area (Å²) in [7, 11) is 2.02. The van der Waals surface area contributed by atoms with Crippen molar-refractivity contribution in [3.8, 4) is 0 Å². The number of nitrogens with one attached hydrogen (secondary N) is 2. The van der Waals surface area contributed by atoms with E-state index in [4.69, 9.17) is 4.99 Å². The Hall–Kier alpha value is -0.830. The second-order valence-electron chi connectivity index (χ2n) is 6.55. The second-order valence-corrected chi connectivity index (χ2v) is 6.55. The first-order chi connectivity index (χ1) is 11.6. The Balaban J connectivity index is 0.00000312. The molecule has 0 unspecified atom stereocenters. The zero-order valence-electron chi connectivity index (χ0n) is 16.0. The maximum atomic E-state index is 9.65. The molecule has 7 heteroatoms. The van der Waals surface area contributed by atoms with Gasteiger partial charge in [0, 0.05) is 30.9 Å². The van der Waals surface area contributed by atoms with Gasteiger partial charge in [0.15, 0.2) is 5.96 Å². The van der Waals surface area contributed by atoms with Crippen molar-refractivity contribution in [2.24, 2.45) is 12.0 Å². The summed E-state index contributed by atoms with van der Waals surface area (Å²) in [5, 5.41) is 21.2. The average molecular weight is 463 g/mol. The maximum Gasteiger partial charge on any atom is 0.191 e. The first-order valence-electron chi connectivity index (χ1n) is 9.35. The number of aromatic nitrogens is 2. The van der Waals surface area contributed by atoms with Crippen molar-refractivity contribution in [1.82, 2.24) is 20.4 Å². The lowest BCUT2D eigenvalue weighted by molar-refractivity contribution is 0.120. The van der Waals surface area contributed by atoms with Gasteiger partial charge in [0.05, 0.1) is 18.3 Å². The third-order valence-electron chi connectivity index (χ3n) is 4.80. The zero-order valence-corrected chi connectivity index (χ0v) is 18.3. The molecule has 0 aromatic carbocycles. The molecule has 0 atom stereocenters. The van der Waals surface area contributed by atoms with E-state index in [9.17, 15) is 5.11 Å². The van der Waals surface area contributed by atoms with Gasteiger partial charge in [-0.25, -0.2) is 4.99 Å². The molecule has 0 bridgehead atoms. The van der Waals surface area contributed by atoms with Crippen molar-refractivity contribution in [1.29, 1.82) is 0 Å². The van der Waals surface area contributed by atoms with E-state index in [1.807, 2.05) is 11.7 Å². The predicted octanol–water partition coefficient (Wildman–Crippen LogP) is 2.52. The molecule has 1 heterocycles. The van der Waals surface area contributed by atoms with Crippen LogP contribution in [0, 0.1) is 0 Å². The highest BCUT2D eigenvalue weighted by Gasteiger charge is 2.20. The number of hydrogen-bond acceptors (Lipinski definition) is 3. The minimum atomic E-state index is -0.128. The summed E-state index contributed by atoms with van der Waals surface area (Å²) in [5.74, 6) is 0.867. The van der Waals surface area contributed by atoms with Crippen LogP contribution >= 0.6 is 24.0 Å². The fourth-order valence-electron chi connectivity index (χ4n) is 3.46. The fourth-order valence-corrected chi connectivity index (χ4v) is 3.46. The molecular weight excluding hydrogens is 429 g/mol. The van der Waals surface area contributed by atoms with E-state index < -0.39 is 0 Å². The van der Waals surface area contributed by atoms with Gasteiger partial charge in [-0.3, -0.25) is 4.68 Å². The molecule has 1 saturated carbocycles. The van der Waals surface area contributed by atoms with Crippen LogP contribution in [-0.4, -0.2) is 39.5 Å². The summed E-state index contributed by atoms with van der Waals surface area (Å²) < 4.78 is 1.99. The molecule has 1 aliphatic carbocycles. The van der Waals surface area contributed by atoms with Crippen molar-refractivity contribution in [3.63, 3.8) is 0 Å². The Morgan fingerprint density at radius 3 is 2.44 bits per heavy atom. The number of hydrogen-bond donors (Lipinski definition) is 3. The number of aliphatic hydroxyl groups is 1. The summed E-state index contributed by atoms with van der Waals surface area (Å²) in [6.45, 7) is 7.90. The predicted molar refractivity (Wildman–Crippen MR) is 114 cm³/mol.